The van der Waals surface area contributed by atoms with Crippen molar-refractivity contribution in [3.8, 4) is 11.5 Å². The Morgan fingerprint density at radius 2 is 1.68 bits per heavy atom. The van der Waals surface area contributed by atoms with Gasteiger partial charge in [0.2, 0.25) is 0 Å². The predicted molar refractivity (Wildman–Crippen MR) is 71.8 cm³/mol. The van der Waals surface area contributed by atoms with Crippen molar-refractivity contribution in [3.63, 3.8) is 0 Å². The highest BCUT2D eigenvalue weighted by atomic mass is 19.1. The topological polar surface area (TPSA) is 44.5 Å². The highest BCUT2D eigenvalue weighted by Crippen LogP contribution is 2.31. The first kappa shape index (κ1) is 13.4. The van der Waals surface area contributed by atoms with Crippen LogP contribution < -0.4 is 15.2 Å². The van der Waals surface area contributed by atoms with Crippen molar-refractivity contribution in [1.29, 1.82) is 0 Å². The molecule has 0 heterocycles. The Morgan fingerprint density at radius 1 is 1.05 bits per heavy atom. The standard InChI is InChI=1S/C15H16FNO2/c1-18-13-8-4-5-9-14(13)19-15(10-17)11-6-2-3-7-12(11)16/h2-9,15H,10,17H2,1H3. The lowest BCUT2D eigenvalue weighted by atomic mass is 10.1. The molecular formula is C15H16FNO2. The van der Waals surface area contributed by atoms with Crippen LogP contribution in [-0.2, 0) is 0 Å². The van der Waals surface area contributed by atoms with Crippen molar-refractivity contribution >= 4 is 0 Å². The minimum absolute atomic E-state index is 0.180. The summed E-state index contributed by atoms with van der Waals surface area (Å²) in [6, 6.07) is 13.7. The summed E-state index contributed by atoms with van der Waals surface area (Å²) in [5, 5.41) is 0. The highest BCUT2D eigenvalue weighted by Gasteiger charge is 2.17. The van der Waals surface area contributed by atoms with Crippen LogP contribution in [0.3, 0.4) is 0 Å². The van der Waals surface area contributed by atoms with E-state index in [0.29, 0.717) is 17.1 Å². The molecule has 4 heteroatoms. The number of rotatable bonds is 5. The average molecular weight is 261 g/mol. The van der Waals surface area contributed by atoms with Crippen molar-refractivity contribution in [1.82, 2.24) is 0 Å². The Kier molecular flexibility index (Phi) is 4.36. The molecule has 2 N–H and O–H groups in total. The van der Waals surface area contributed by atoms with E-state index in [0.717, 1.165) is 0 Å². The zero-order valence-corrected chi connectivity index (χ0v) is 10.7. The van der Waals surface area contributed by atoms with Crippen LogP contribution in [0, 0.1) is 5.82 Å². The van der Waals surface area contributed by atoms with E-state index in [1.807, 2.05) is 12.1 Å². The van der Waals surface area contributed by atoms with Gasteiger partial charge in [-0.25, -0.2) is 4.39 Å². The van der Waals surface area contributed by atoms with Crippen LogP contribution in [0.4, 0.5) is 4.39 Å². The van der Waals surface area contributed by atoms with Gasteiger partial charge in [-0.05, 0) is 18.2 Å². The SMILES string of the molecule is COc1ccccc1OC(CN)c1ccccc1F. The Morgan fingerprint density at radius 3 is 2.32 bits per heavy atom. The number of halogens is 1. The molecule has 1 unspecified atom stereocenters. The third-order valence-electron chi connectivity index (χ3n) is 2.80. The number of nitrogens with two attached hydrogens (primary N) is 1. The minimum Gasteiger partial charge on any atom is -0.493 e. The maximum absolute atomic E-state index is 13.7. The molecule has 0 amide bonds. The van der Waals surface area contributed by atoms with E-state index in [-0.39, 0.29) is 12.4 Å². The first-order valence-electron chi connectivity index (χ1n) is 6.00. The first-order chi connectivity index (χ1) is 9.26. The van der Waals surface area contributed by atoms with Crippen molar-refractivity contribution in [3.05, 3.63) is 59.9 Å². The van der Waals surface area contributed by atoms with E-state index >= 15 is 0 Å². The Labute approximate surface area is 111 Å². The van der Waals surface area contributed by atoms with Crippen molar-refractivity contribution < 1.29 is 13.9 Å². The molecule has 1 atom stereocenters. The molecule has 0 aliphatic rings. The number of hydrogen-bond acceptors (Lipinski definition) is 3. The lowest BCUT2D eigenvalue weighted by Crippen LogP contribution is -2.19. The number of methoxy groups -OCH3 is 1. The van der Waals surface area contributed by atoms with Crippen LogP contribution in [0.1, 0.15) is 11.7 Å². The fourth-order valence-electron chi connectivity index (χ4n) is 1.84. The summed E-state index contributed by atoms with van der Waals surface area (Å²) in [5.74, 6) is 0.814. The molecule has 100 valence electrons. The molecule has 0 spiro atoms. The number of para-hydroxylation sites is 2. The summed E-state index contributed by atoms with van der Waals surface area (Å²) in [4.78, 5) is 0. The lowest BCUT2D eigenvalue weighted by Gasteiger charge is -2.19. The van der Waals surface area contributed by atoms with Gasteiger partial charge in [0.05, 0.1) is 7.11 Å². The molecule has 2 rings (SSSR count). The number of benzene rings is 2. The fraction of sp³-hybridized carbons (Fsp3) is 0.200. The highest BCUT2D eigenvalue weighted by molar-refractivity contribution is 5.40. The second-order valence-electron chi connectivity index (χ2n) is 4.01. The van der Waals surface area contributed by atoms with Crippen molar-refractivity contribution in [2.24, 2.45) is 5.73 Å². The number of ether oxygens (including phenoxy) is 2. The Bertz CT molecular complexity index is 545. The third kappa shape index (κ3) is 3.03. The maximum atomic E-state index is 13.7. The molecule has 19 heavy (non-hydrogen) atoms. The lowest BCUT2D eigenvalue weighted by molar-refractivity contribution is 0.200. The molecule has 0 saturated heterocycles. The fourth-order valence-corrected chi connectivity index (χ4v) is 1.84. The molecule has 0 saturated carbocycles. The summed E-state index contributed by atoms with van der Waals surface area (Å²) < 4.78 is 24.7. The quantitative estimate of drug-likeness (QED) is 0.900. The van der Waals surface area contributed by atoms with Crippen LogP contribution in [-0.4, -0.2) is 13.7 Å². The Hall–Kier alpha value is -2.07. The molecule has 3 nitrogen and oxygen atoms in total. The Balaban J connectivity index is 2.27. The summed E-state index contributed by atoms with van der Waals surface area (Å²) in [7, 11) is 1.56. The van der Waals surface area contributed by atoms with Crippen molar-refractivity contribution in [2.75, 3.05) is 13.7 Å². The van der Waals surface area contributed by atoms with Gasteiger partial charge in [0.25, 0.3) is 0 Å². The van der Waals surface area contributed by atoms with E-state index in [1.165, 1.54) is 6.07 Å². The zero-order valence-electron chi connectivity index (χ0n) is 10.7. The van der Waals surface area contributed by atoms with E-state index < -0.39 is 6.10 Å². The summed E-state index contributed by atoms with van der Waals surface area (Å²) in [6.07, 6.45) is -0.544. The zero-order chi connectivity index (χ0) is 13.7. The first-order valence-corrected chi connectivity index (χ1v) is 6.00. The van der Waals surface area contributed by atoms with E-state index in [9.17, 15) is 4.39 Å². The summed E-state index contributed by atoms with van der Waals surface area (Å²) >= 11 is 0. The second-order valence-corrected chi connectivity index (χ2v) is 4.01. The second kappa shape index (κ2) is 6.20. The molecule has 2 aromatic rings. The van der Waals surface area contributed by atoms with E-state index in [4.69, 9.17) is 15.2 Å². The van der Waals surface area contributed by atoms with Crippen LogP contribution >= 0.6 is 0 Å². The van der Waals surface area contributed by atoms with Crippen LogP contribution in [0.15, 0.2) is 48.5 Å². The van der Waals surface area contributed by atoms with Gasteiger partial charge in [-0.15, -0.1) is 0 Å². The normalized spacial score (nSPS) is 11.9. The van der Waals surface area contributed by atoms with Gasteiger partial charge in [-0.2, -0.15) is 0 Å². The maximum Gasteiger partial charge on any atom is 0.162 e. The van der Waals surface area contributed by atoms with Gasteiger partial charge in [0.1, 0.15) is 11.9 Å². The van der Waals surface area contributed by atoms with Gasteiger partial charge in [-0.1, -0.05) is 30.3 Å². The molecule has 0 aliphatic heterocycles. The van der Waals surface area contributed by atoms with Crippen LogP contribution in [0.25, 0.3) is 0 Å². The van der Waals surface area contributed by atoms with Gasteiger partial charge < -0.3 is 15.2 Å². The molecule has 0 aliphatic carbocycles. The van der Waals surface area contributed by atoms with Gasteiger partial charge in [0.15, 0.2) is 11.5 Å². The van der Waals surface area contributed by atoms with Gasteiger partial charge in [0, 0.05) is 12.1 Å². The van der Waals surface area contributed by atoms with E-state index in [1.54, 1.807) is 37.4 Å². The van der Waals surface area contributed by atoms with Gasteiger partial charge >= 0.3 is 0 Å². The average Bonchev–Trinajstić information content (AvgIpc) is 2.46. The molecule has 2 aromatic carbocycles. The van der Waals surface area contributed by atoms with E-state index in [2.05, 4.69) is 0 Å². The minimum atomic E-state index is -0.544. The molecule has 0 aromatic heterocycles. The largest absolute Gasteiger partial charge is 0.493 e. The van der Waals surface area contributed by atoms with Crippen LogP contribution in [0.2, 0.25) is 0 Å². The van der Waals surface area contributed by atoms with Crippen molar-refractivity contribution in [2.45, 2.75) is 6.10 Å². The predicted octanol–water partition coefficient (Wildman–Crippen LogP) is 2.91. The third-order valence-corrected chi connectivity index (χ3v) is 2.80. The summed E-state index contributed by atoms with van der Waals surface area (Å²) in [6.45, 7) is 0.180. The molecular weight excluding hydrogens is 245 g/mol. The molecule has 0 radical (unpaired) electrons. The monoisotopic (exact) mass is 261 g/mol. The summed E-state index contributed by atoms with van der Waals surface area (Å²) in [5.41, 5.74) is 6.12. The van der Waals surface area contributed by atoms with Gasteiger partial charge in [-0.3, -0.25) is 0 Å². The molecule has 0 fully saturated rings. The number of hydrogen-bond donors (Lipinski definition) is 1. The molecule has 0 bridgehead atoms. The smallest absolute Gasteiger partial charge is 0.162 e. The van der Waals surface area contributed by atoms with Crippen LogP contribution in [0.5, 0.6) is 11.5 Å².